The zero-order valence-corrected chi connectivity index (χ0v) is 14.5. The molecule has 0 aliphatic carbocycles. The third-order valence-electron chi connectivity index (χ3n) is 4.73. The molecule has 22 heavy (non-hydrogen) atoms. The second kappa shape index (κ2) is 4.84. The molecule has 0 saturated carbocycles. The fraction of sp³-hybridized carbons (Fsp3) is 0.100. The first-order valence-corrected chi connectivity index (χ1v) is 11.0. The molecule has 1 aliphatic rings. The Hall–Kier alpha value is -1.83. The van der Waals surface area contributed by atoms with E-state index in [-0.39, 0.29) is 0 Å². The van der Waals surface area contributed by atoms with Gasteiger partial charge in [-0.25, -0.2) is 0 Å². The third kappa shape index (κ3) is 1.82. The molecule has 0 radical (unpaired) electrons. The maximum absolute atomic E-state index is 6.61. The number of hydrogen-bond acceptors (Lipinski definition) is 0. The Kier molecular flexibility index (Phi) is 3.03. The summed E-state index contributed by atoms with van der Waals surface area (Å²) in [5, 5.41) is 3.85. The van der Waals surface area contributed by atoms with Crippen molar-refractivity contribution in [2.75, 3.05) is 0 Å². The molecule has 0 saturated heterocycles. The topological polar surface area (TPSA) is 0 Å². The SMILES string of the molecule is C[Si]1(C)c2ccccc2-c2c(Cl)ccc(-c3ccccc3)c21. The predicted molar refractivity (Wildman–Crippen MR) is 99.1 cm³/mol. The summed E-state index contributed by atoms with van der Waals surface area (Å²) in [5.41, 5.74) is 5.21. The minimum atomic E-state index is -1.72. The van der Waals surface area contributed by atoms with Crippen LogP contribution in [0.5, 0.6) is 0 Å². The van der Waals surface area contributed by atoms with Crippen molar-refractivity contribution in [1.82, 2.24) is 0 Å². The van der Waals surface area contributed by atoms with Gasteiger partial charge in [-0.05, 0) is 33.1 Å². The first-order chi connectivity index (χ1) is 10.6. The van der Waals surface area contributed by atoms with Crippen molar-refractivity contribution < 1.29 is 0 Å². The summed E-state index contributed by atoms with van der Waals surface area (Å²) in [7, 11) is -1.72. The molecular weight excluding hydrogens is 304 g/mol. The lowest BCUT2D eigenvalue weighted by atomic mass is 9.99. The number of hydrogen-bond donors (Lipinski definition) is 0. The molecule has 2 heteroatoms. The van der Waals surface area contributed by atoms with Gasteiger partial charge in [0.2, 0.25) is 0 Å². The summed E-state index contributed by atoms with van der Waals surface area (Å²) in [6.45, 7) is 4.86. The highest BCUT2D eigenvalue weighted by Crippen LogP contribution is 2.37. The number of halogens is 1. The largest absolute Gasteiger partial charge is 0.114 e. The monoisotopic (exact) mass is 320 g/mol. The number of benzene rings is 3. The minimum absolute atomic E-state index is 0.875. The van der Waals surface area contributed by atoms with Crippen LogP contribution < -0.4 is 10.4 Å². The molecule has 108 valence electrons. The number of fused-ring (bicyclic) bond motifs is 3. The quantitative estimate of drug-likeness (QED) is 0.564. The maximum Gasteiger partial charge on any atom is 0.114 e. The van der Waals surface area contributed by atoms with Crippen molar-refractivity contribution in [1.29, 1.82) is 0 Å². The Balaban J connectivity index is 2.10. The predicted octanol–water partition coefficient (Wildman–Crippen LogP) is 4.81. The highest BCUT2D eigenvalue weighted by Gasteiger charge is 2.40. The summed E-state index contributed by atoms with van der Waals surface area (Å²) >= 11 is 6.61. The van der Waals surface area contributed by atoms with Crippen LogP contribution in [0.2, 0.25) is 18.1 Å². The van der Waals surface area contributed by atoms with Gasteiger partial charge in [0.25, 0.3) is 0 Å². The molecule has 4 rings (SSSR count). The van der Waals surface area contributed by atoms with Crippen LogP contribution in [0.15, 0.2) is 66.7 Å². The zero-order chi connectivity index (χ0) is 15.3. The molecule has 0 bridgehead atoms. The molecule has 3 aromatic rings. The van der Waals surface area contributed by atoms with Crippen molar-refractivity contribution in [2.45, 2.75) is 13.1 Å². The van der Waals surface area contributed by atoms with E-state index in [0.29, 0.717) is 0 Å². The summed E-state index contributed by atoms with van der Waals surface area (Å²) in [6, 6.07) is 23.7. The summed E-state index contributed by atoms with van der Waals surface area (Å²) in [6.07, 6.45) is 0. The Morgan fingerprint density at radius 1 is 0.727 bits per heavy atom. The summed E-state index contributed by atoms with van der Waals surface area (Å²) in [5.74, 6) is 0. The van der Waals surface area contributed by atoms with Crippen LogP contribution in [0.25, 0.3) is 22.3 Å². The van der Waals surface area contributed by atoms with Crippen LogP contribution in [0, 0.1) is 0 Å². The van der Waals surface area contributed by atoms with Gasteiger partial charge < -0.3 is 0 Å². The first kappa shape index (κ1) is 13.8. The first-order valence-electron chi connectivity index (χ1n) is 7.59. The lowest BCUT2D eigenvalue weighted by Gasteiger charge is -2.22. The minimum Gasteiger partial charge on any atom is -0.0837 e. The van der Waals surface area contributed by atoms with E-state index in [4.69, 9.17) is 11.6 Å². The van der Waals surface area contributed by atoms with Crippen LogP contribution in [-0.2, 0) is 0 Å². The molecule has 0 amide bonds. The Bertz CT molecular complexity index is 866. The molecule has 0 nitrogen and oxygen atoms in total. The van der Waals surface area contributed by atoms with Gasteiger partial charge in [-0.3, -0.25) is 0 Å². The van der Waals surface area contributed by atoms with Gasteiger partial charge in [0.05, 0.1) is 0 Å². The van der Waals surface area contributed by atoms with Crippen molar-refractivity contribution in [2.24, 2.45) is 0 Å². The molecule has 0 fully saturated rings. The van der Waals surface area contributed by atoms with Gasteiger partial charge in [0.15, 0.2) is 0 Å². The Morgan fingerprint density at radius 3 is 2.18 bits per heavy atom. The van der Waals surface area contributed by atoms with E-state index in [1.807, 2.05) is 0 Å². The molecule has 0 N–H and O–H groups in total. The lowest BCUT2D eigenvalue weighted by Crippen LogP contribution is -2.50. The Labute approximate surface area is 137 Å². The van der Waals surface area contributed by atoms with Crippen molar-refractivity contribution in [3.05, 3.63) is 71.8 Å². The highest BCUT2D eigenvalue weighted by molar-refractivity contribution is 7.04. The van der Waals surface area contributed by atoms with Crippen LogP contribution in [0.1, 0.15) is 0 Å². The van der Waals surface area contributed by atoms with Crippen LogP contribution in [0.3, 0.4) is 0 Å². The molecule has 0 spiro atoms. The van der Waals surface area contributed by atoms with E-state index in [9.17, 15) is 0 Å². The Morgan fingerprint density at radius 2 is 1.41 bits per heavy atom. The fourth-order valence-corrected chi connectivity index (χ4v) is 7.53. The normalized spacial score (nSPS) is 14.5. The summed E-state index contributed by atoms with van der Waals surface area (Å²) in [4.78, 5) is 0. The second-order valence-electron chi connectivity index (χ2n) is 6.38. The molecular formula is C20H17ClSi. The average Bonchev–Trinajstić information content (AvgIpc) is 2.79. The van der Waals surface area contributed by atoms with E-state index < -0.39 is 8.07 Å². The van der Waals surface area contributed by atoms with E-state index >= 15 is 0 Å². The van der Waals surface area contributed by atoms with Gasteiger partial charge in [0, 0.05) is 10.6 Å². The number of rotatable bonds is 1. The lowest BCUT2D eigenvalue weighted by molar-refractivity contribution is 1.63. The van der Waals surface area contributed by atoms with Crippen LogP contribution >= 0.6 is 11.6 Å². The van der Waals surface area contributed by atoms with E-state index in [1.54, 1.807) is 0 Å². The standard InChI is InChI=1S/C20H17ClSi/c1-22(2)18-11-7-6-10-16(18)19-17(21)13-12-15(20(19)22)14-8-4-3-5-9-14/h3-13H,1-2H3. The van der Waals surface area contributed by atoms with Crippen molar-refractivity contribution in [3.8, 4) is 22.3 Å². The van der Waals surface area contributed by atoms with E-state index in [1.165, 1.54) is 32.6 Å². The van der Waals surface area contributed by atoms with E-state index in [2.05, 4.69) is 79.8 Å². The maximum atomic E-state index is 6.61. The van der Waals surface area contributed by atoms with E-state index in [0.717, 1.165) is 5.02 Å². The van der Waals surface area contributed by atoms with Crippen molar-refractivity contribution in [3.63, 3.8) is 0 Å². The van der Waals surface area contributed by atoms with Crippen LogP contribution in [0.4, 0.5) is 0 Å². The fourth-order valence-electron chi connectivity index (χ4n) is 3.73. The molecule has 0 unspecified atom stereocenters. The third-order valence-corrected chi connectivity index (χ3v) is 8.60. The van der Waals surface area contributed by atoms with Gasteiger partial charge in [0.1, 0.15) is 8.07 Å². The van der Waals surface area contributed by atoms with Crippen LogP contribution in [-0.4, -0.2) is 8.07 Å². The molecule has 1 heterocycles. The molecule has 1 aliphatic heterocycles. The van der Waals surface area contributed by atoms with Gasteiger partial charge in [-0.2, -0.15) is 0 Å². The molecule has 0 aromatic heterocycles. The van der Waals surface area contributed by atoms with Gasteiger partial charge in [-0.1, -0.05) is 85.4 Å². The highest BCUT2D eigenvalue weighted by atomic mass is 35.5. The zero-order valence-electron chi connectivity index (χ0n) is 12.7. The smallest absolute Gasteiger partial charge is 0.0837 e. The van der Waals surface area contributed by atoms with Gasteiger partial charge >= 0.3 is 0 Å². The van der Waals surface area contributed by atoms with Gasteiger partial charge in [-0.15, -0.1) is 0 Å². The molecule has 3 aromatic carbocycles. The molecule has 0 atom stereocenters. The summed E-state index contributed by atoms with van der Waals surface area (Å²) < 4.78 is 0. The second-order valence-corrected chi connectivity index (χ2v) is 11.1. The van der Waals surface area contributed by atoms with Crippen molar-refractivity contribution >= 4 is 30.0 Å². The average molecular weight is 321 g/mol.